The van der Waals surface area contributed by atoms with Crippen LogP contribution in [0.3, 0.4) is 0 Å². The van der Waals surface area contributed by atoms with Gasteiger partial charge < -0.3 is 10.1 Å². The molecule has 2 aliphatic rings. The highest BCUT2D eigenvalue weighted by molar-refractivity contribution is 7.93. The number of anilines is 1. The number of nitrogens with zero attached hydrogens (tertiary/aromatic N) is 2. The van der Waals surface area contributed by atoms with Crippen LogP contribution >= 0.6 is 0 Å². The van der Waals surface area contributed by atoms with E-state index < -0.39 is 27.7 Å². The standard InChI is InChI=1S/C20H24FN3O4S/c1-3-8-23-29(27)9-6-15(7-10-29)18-5-4-16(11-19(18)21)24-13-17(28-20(24)26)12-22-14(2)25/h3-6,11,17H,1,7-10,12-13H2,2H3,(H,22,25)/t17-,29?/m0/s1. The number of cyclic esters (lactones) is 1. The molecule has 156 valence electrons. The molecular weight excluding hydrogens is 397 g/mol. The van der Waals surface area contributed by atoms with Crippen molar-refractivity contribution in [2.45, 2.75) is 19.4 Å². The molecule has 2 aliphatic heterocycles. The molecule has 9 heteroatoms. The van der Waals surface area contributed by atoms with Crippen LogP contribution in [-0.2, 0) is 19.3 Å². The highest BCUT2D eigenvalue weighted by atomic mass is 32.2. The van der Waals surface area contributed by atoms with E-state index in [2.05, 4.69) is 16.3 Å². The van der Waals surface area contributed by atoms with Gasteiger partial charge in [-0.2, -0.15) is 0 Å². The number of carbonyl (C=O) groups is 2. The predicted octanol–water partition coefficient (Wildman–Crippen LogP) is 2.73. The molecule has 1 aromatic rings. The Labute approximate surface area is 169 Å². The SMILES string of the molecule is C=CCN=S1(=O)CC=C(c2ccc(N3C[C@H](CNC(C)=O)OC3=O)cc2F)CC1. The molecule has 1 aromatic carbocycles. The third kappa shape index (κ3) is 5.03. The van der Waals surface area contributed by atoms with E-state index in [9.17, 15) is 18.2 Å². The van der Waals surface area contributed by atoms with E-state index in [0.29, 0.717) is 35.7 Å². The fourth-order valence-corrected chi connectivity index (χ4v) is 5.04. The quantitative estimate of drug-likeness (QED) is 0.716. The smallest absolute Gasteiger partial charge is 0.414 e. The van der Waals surface area contributed by atoms with Crippen molar-refractivity contribution in [3.05, 3.63) is 48.3 Å². The molecule has 2 amide bonds. The lowest BCUT2D eigenvalue weighted by atomic mass is 10.0. The molecule has 1 unspecified atom stereocenters. The summed E-state index contributed by atoms with van der Waals surface area (Å²) in [4.78, 5) is 24.4. The van der Waals surface area contributed by atoms with Crippen molar-refractivity contribution < 1.29 is 22.9 Å². The minimum Gasteiger partial charge on any atom is -0.442 e. The summed E-state index contributed by atoms with van der Waals surface area (Å²) in [6, 6.07) is 4.58. The van der Waals surface area contributed by atoms with E-state index >= 15 is 0 Å². The van der Waals surface area contributed by atoms with Gasteiger partial charge in [0.25, 0.3) is 0 Å². The van der Waals surface area contributed by atoms with E-state index in [-0.39, 0.29) is 19.0 Å². The highest BCUT2D eigenvalue weighted by Gasteiger charge is 2.33. The number of hydrogen-bond acceptors (Lipinski definition) is 5. The molecule has 7 nitrogen and oxygen atoms in total. The zero-order valence-electron chi connectivity index (χ0n) is 16.2. The number of hydrogen-bond donors (Lipinski definition) is 1. The average molecular weight is 421 g/mol. The van der Waals surface area contributed by atoms with Gasteiger partial charge in [0.2, 0.25) is 5.91 Å². The first-order chi connectivity index (χ1) is 13.8. The van der Waals surface area contributed by atoms with Crippen LogP contribution < -0.4 is 10.2 Å². The van der Waals surface area contributed by atoms with Crippen molar-refractivity contribution in [2.75, 3.05) is 36.0 Å². The molecule has 3 rings (SSSR count). The van der Waals surface area contributed by atoms with Crippen LogP contribution in [0.25, 0.3) is 5.57 Å². The number of nitrogens with one attached hydrogen (secondary N) is 1. The van der Waals surface area contributed by atoms with Crippen LogP contribution in [0.15, 0.2) is 41.3 Å². The number of allylic oxidation sites excluding steroid dienone is 1. The van der Waals surface area contributed by atoms with E-state index in [0.717, 1.165) is 5.57 Å². The van der Waals surface area contributed by atoms with Crippen molar-refractivity contribution in [3.8, 4) is 0 Å². The zero-order valence-corrected chi connectivity index (χ0v) is 17.0. The van der Waals surface area contributed by atoms with Gasteiger partial charge in [-0.15, -0.1) is 6.58 Å². The first-order valence-electron chi connectivity index (χ1n) is 9.32. The van der Waals surface area contributed by atoms with Gasteiger partial charge in [0, 0.05) is 18.2 Å². The van der Waals surface area contributed by atoms with Crippen LogP contribution in [-0.4, -0.2) is 53.5 Å². The van der Waals surface area contributed by atoms with Crippen molar-refractivity contribution in [2.24, 2.45) is 4.36 Å². The second kappa shape index (κ2) is 8.77. The van der Waals surface area contributed by atoms with Gasteiger partial charge in [0.05, 0.1) is 40.8 Å². The Morgan fingerprint density at radius 1 is 1.52 bits per heavy atom. The van der Waals surface area contributed by atoms with E-state index in [1.54, 1.807) is 24.3 Å². The lowest BCUT2D eigenvalue weighted by Crippen LogP contribution is -2.33. The maximum Gasteiger partial charge on any atom is 0.414 e. The molecular formula is C20H24FN3O4S. The molecule has 1 saturated heterocycles. The number of amides is 2. The fourth-order valence-electron chi connectivity index (χ4n) is 3.26. The Morgan fingerprint density at radius 3 is 2.93 bits per heavy atom. The van der Waals surface area contributed by atoms with Crippen LogP contribution in [0.4, 0.5) is 14.9 Å². The number of carbonyl (C=O) groups excluding carboxylic acids is 2. The largest absolute Gasteiger partial charge is 0.442 e. The first kappa shape index (κ1) is 21.0. The lowest BCUT2D eigenvalue weighted by Gasteiger charge is -2.19. The van der Waals surface area contributed by atoms with Crippen LogP contribution in [0.5, 0.6) is 0 Å². The van der Waals surface area contributed by atoms with Gasteiger partial charge in [-0.25, -0.2) is 17.8 Å². The summed E-state index contributed by atoms with van der Waals surface area (Å²) in [5.74, 6) is 0.0119. The summed E-state index contributed by atoms with van der Waals surface area (Å²) in [5, 5.41) is 2.60. The lowest BCUT2D eigenvalue weighted by molar-refractivity contribution is -0.119. The van der Waals surface area contributed by atoms with Gasteiger partial charge >= 0.3 is 6.09 Å². The van der Waals surface area contributed by atoms with E-state index in [4.69, 9.17) is 4.74 Å². The molecule has 0 aliphatic carbocycles. The third-order valence-electron chi connectivity index (χ3n) is 4.78. The van der Waals surface area contributed by atoms with Crippen molar-refractivity contribution in [1.29, 1.82) is 0 Å². The van der Waals surface area contributed by atoms with Crippen molar-refractivity contribution in [1.82, 2.24) is 5.32 Å². The van der Waals surface area contributed by atoms with E-state index in [1.807, 2.05) is 0 Å². The third-order valence-corrected chi connectivity index (χ3v) is 6.93. The Bertz CT molecular complexity index is 982. The second-order valence-electron chi connectivity index (χ2n) is 6.94. The van der Waals surface area contributed by atoms with Gasteiger partial charge in [-0.3, -0.25) is 9.69 Å². The molecule has 2 heterocycles. The molecule has 0 spiro atoms. The molecule has 29 heavy (non-hydrogen) atoms. The number of rotatable bonds is 6. The number of ether oxygens (including phenoxy) is 1. The minimum atomic E-state index is -2.30. The summed E-state index contributed by atoms with van der Waals surface area (Å²) in [6.07, 6.45) is 2.80. The Balaban J connectivity index is 1.73. The van der Waals surface area contributed by atoms with Gasteiger partial charge in [0.1, 0.15) is 11.9 Å². The van der Waals surface area contributed by atoms with Gasteiger partial charge in [-0.05, 0) is 30.2 Å². The normalized spacial score (nSPS) is 23.9. The van der Waals surface area contributed by atoms with Crippen molar-refractivity contribution in [3.63, 3.8) is 0 Å². The fraction of sp³-hybridized carbons (Fsp3) is 0.400. The van der Waals surface area contributed by atoms with E-state index in [1.165, 1.54) is 17.9 Å². The predicted molar refractivity (Wildman–Crippen MR) is 111 cm³/mol. The van der Waals surface area contributed by atoms with Crippen LogP contribution in [0.1, 0.15) is 18.9 Å². The Hall–Kier alpha value is -2.68. The topological polar surface area (TPSA) is 88.1 Å². The monoisotopic (exact) mass is 421 g/mol. The first-order valence-corrected chi connectivity index (χ1v) is 11.2. The highest BCUT2D eigenvalue weighted by Crippen LogP contribution is 2.30. The van der Waals surface area contributed by atoms with Crippen LogP contribution in [0, 0.1) is 5.82 Å². The zero-order chi connectivity index (χ0) is 21.0. The van der Waals surface area contributed by atoms with Gasteiger partial charge in [-0.1, -0.05) is 12.2 Å². The molecule has 2 atom stereocenters. The molecule has 0 aromatic heterocycles. The molecule has 0 saturated carbocycles. The van der Waals surface area contributed by atoms with Crippen molar-refractivity contribution >= 4 is 33.0 Å². The molecule has 1 fully saturated rings. The molecule has 0 radical (unpaired) electrons. The Morgan fingerprint density at radius 2 is 2.31 bits per heavy atom. The Kier molecular flexibility index (Phi) is 6.36. The second-order valence-corrected chi connectivity index (χ2v) is 9.49. The maximum absolute atomic E-state index is 14.8. The van der Waals surface area contributed by atoms with Gasteiger partial charge in [0.15, 0.2) is 0 Å². The molecule has 1 N–H and O–H groups in total. The molecule has 0 bridgehead atoms. The maximum atomic E-state index is 14.8. The number of halogens is 1. The number of benzene rings is 1. The summed E-state index contributed by atoms with van der Waals surface area (Å²) >= 11 is 0. The average Bonchev–Trinajstić information content (AvgIpc) is 3.06. The minimum absolute atomic E-state index is 0.210. The summed E-state index contributed by atoms with van der Waals surface area (Å²) in [7, 11) is -2.30. The summed E-state index contributed by atoms with van der Waals surface area (Å²) in [5.41, 5.74) is 1.61. The summed E-state index contributed by atoms with van der Waals surface area (Å²) < 4.78 is 36.7. The van der Waals surface area contributed by atoms with Crippen LogP contribution in [0.2, 0.25) is 0 Å². The summed E-state index contributed by atoms with van der Waals surface area (Å²) in [6.45, 7) is 5.75.